The van der Waals surface area contributed by atoms with E-state index in [4.69, 9.17) is 16.3 Å². The molecular formula is C13H15ClO2. The van der Waals surface area contributed by atoms with Crippen molar-refractivity contribution in [2.24, 2.45) is 5.41 Å². The van der Waals surface area contributed by atoms with Gasteiger partial charge in [-0.1, -0.05) is 18.5 Å². The van der Waals surface area contributed by atoms with Gasteiger partial charge in [-0.25, -0.2) is 0 Å². The molecule has 0 atom stereocenters. The maximum atomic E-state index is 12.2. The van der Waals surface area contributed by atoms with E-state index in [9.17, 15) is 4.79 Å². The van der Waals surface area contributed by atoms with E-state index in [0.29, 0.717) is 10.8 Å². The summed E-state index contributed by atoms with van der Waals surface area (Å²) in [7, 11) is 1.57. The zero-order valence-corrected chi connectivity index (χ0v) is 10.5. The standard InChI is InChI=1S/C13H15ClO2/c1-8-6-11(16-3)10(14)7-9(8)12(15)13(2)4-5-13/h6-7H,4-5H2,1-3H3. The van der Waals surface area contributed by atoms with Gasteiger partial charge in [-0.2, -0.15) is 0 Å². The smallest absolute Gasteiger partial charge is 0.169 e. The highest BCUT2D eigenvalue weighted by Crippen LogP contribution is 2.48. The van der Waals surface area contributed by atoms with Gasteiger partial charge in [-0.15, -0.1) is 0 Å². The third kappa shape index (κ3) is 1.82. The van der Waals surface area contributed by atoms with Crippen LogP contribution in [-0.2, 0) is 0 Å². The van der Waals surface area contributed by atoms with E-state index < -0.39 is 0 Å². The van der Waals surface area contributed by atoms with Crippen LogP contribution in [0.1, 0.15) is 35.7 Å². The van der Waals surface area contributed by atoms with E-state index >= 15 is 0 Å². The van der Waals surface area contributed by atoms with Gasteiger partial charge in [0.2, 0.25) is 0 Å². The second kappa shape index (κ2) is 3.77. The number of halogens is 1. The minimum atomic E-state index is -0.150. The first-order valence-corrected chi connectivity index (χ1v) is 5.75. The molecule has 1 aromatic rings. The van der Waals surface area contributed by atoms with Crippen molar-refractivity contribution in [3.8, 4) is 5.75 Å². The van der Waals surface area contributed by atoms with Gasteiger partial charge in [0, 0.05) is 11.0 Å². The molecule has 1 fully saturated rings. The van der Waals surface area contributed by atoms with Crippen LogP contribution in [0.25, 0.3) is 0 Å². The molecule has 2 rings (SSSR count). The lowest BCUT2D eigenvalue weighted by Gasteiger charge is -2.12. The van der Waals surface area contributed by atoms with Crippen LogP contribution in [0.5, 0.6) is 5.75 Å². The number of ketones is 1. The predicted molar refractivity (Wildman–Crippen MR) is 64.4 cm³/mol. The van der Waals surface area contributed by atoms with Gasteiger partial charge in [-0.3, -0.25) is 4.79 Å². The molecule has 1 aliphatic rings. The van der Waals surface area contributed by atoms with E-state index in [-0.39, 0.29) is 11.2 Å². The first kappa shape index (κ1) is 11.5. The summed E-state index contributed by atoms with van der Waals surface area (Å²) in [5.41, 5.74) is 1.51. The molecule has 16 heavy (non-hydrogen) atoms. The zero-order valence-electron chi connectivity index (χ0n) is 9.76. The molecule has 0 radical (unpaired) electrons. The van der Waals surface area contributed by atoms with Gasteiger partial charge in [0.1, 0.15) is 5.75 Å². The summed E-state index contributed by atoms with van der Waals surface area (Å²) in [6.45, 7) is 3.92. The molecule has 86 valence electrons. The highest BCUT2D eigenvalue weighted by atomic mass is 35.5. The number of aryl methyl sites for hydroxylation is 1. The van der Waals surface area contributed by atoms with Crippen LogP contribution >= 0.6 is 11.6 Å². The number of carbonyl (C=O) groups is 1. The Morgan fingerprint density at radius 3 is 2.56 bits per heavy atom. The Morgan fingerprint density at radius 1 is 1.44 bits per heavy atom. The summed E-state index contributed by atoms with van der Waals surface area (Å²) in [5, 5.41) is 0.501. The summed E-state index contributed by atoms with van der Waals surface area (Å²) in [6.07, 6.45) is 1.96. The summed E-state index contributed by atoms with van der Waals surface area (Å²) >= 11 is 6.04. The molecule has 0 aromatic heterocycles. The van der Waals surface area contributed by atoms with Crippen LogP contribution in [-0.4, -0.2) is 12.9 Å². The lowest BCUT2D eigenvalue weighted by atomic mass is 9.93. The SMILES string of the molecule is COc1cc(C)c(C(=O)C2(C)CC2)cc1Cl. The molecule has 2 nitrogen and oxygen atoms in total. The molecule has 0 spiro atoms. The van der Waals surface area contributed by atoms with Crippen molar-refractivity contribution in [1.29, 1.82) is 0 Å². The summed E-state index contributed by atoms with van der Waals surface area (Å²) in [4.78, 5) is 12.2. The van der Waals surface area contributed by atoms with Crippen LogP contribution in [0, 0.1) is 12.3 Å². The van der Waals surface area contributed by atoms with Gasteiger partial charge in [0.05, 0.1) is 12.1 Å². The third-order valence-electron chi connectivity index (χ3n) is 3.29. The molecule has 0 bridgehead atoms. The topological polar surface area (TPSA) is 26.3 Å². The maximum absolute atomic E-state index is 12.2. The van der Waals surface area contributed by atoms with Crippen molar-refractivity contribution >= 4 is 17.4 Å². The van der Waals surface area contributed by atoms with Crippen LogP contribution in [0.2, 0.25) is 5.02 Å². The van der Waals surface area contributed by atoms with Crippen molar-refractivity contribution in [3.63, 3.8) is 0 Å². The summed E-state index contributed by atoms with van der Waals surface area (Å²) in [5.74, 6) is 0.825. The fourth-order valence-electron chi connectivity index (χ4n) is 1.80. The zero-order chi connectivity index (χ0) is 11.9. The maximum Gasteiger partial charge on any atom is 0.169 e. The monoisotopic (exact) mass is 238 g/mol. The van der Waals surface area contributed by atoms with Crippen LogP contribution in [0.4, 0.5) is 0 Å². The number of hydrogen-bond donors (Lipinski definition) is 0. The lowest BCUT2D eigenvalue weighted by molar-refractivity contribution is 0.0912. The Morgan fingerprint density at radius 2 is 2.06 bits per heavy atom. The number of hydrogen-bond acceptors (Lipinski definition) is 2. The average molecular weight is 239 g/mol. The van der Waals surface area contributed by atoms with E-state index in [1.807, 2.05) is 19.9 Å². The molecule has 3 heteroatoms. The second-order valence-electron chi connectivity index (χ2n) is 4.69. The Balaban J connectivity index is 2.42. The molecule has 1 aromatic carbocycles. The first-order valence-electron chi connectivity index (χ1n) is 5.37. The molecule has 0 N–H and O–H groups in total. The summed E-state index contributed by atoms with van der Waals surface area (Å²) < 4.78 is 5.12. The van der Waals surface area contributed by atoms with E-state index in [1.54, 1.807) is 13.2 Å². The Kier molecular flexibility index (Phi) is 2.70. The van der Waals surface area contributed by atoms with E-state index in [0.717, 1.165) is 24.0 Å². The fraction of sp³-hybridized carbons (Fsp3) is 0.462. The van der Waals surface area contributed by atoms with E-state index in [2.05, 4.69) is 0 Å². The first-order chi connectivity index (χ1) is 7.48. The number of carbonyl (C=O) groups excluding carboxylic acids is 1. The number of methoxy groups -OCH3 is 1. The number of Topliss-reactive ketones (excluding diaryl/α,β-unsaturated/α-hetero) is 1. The quantitative estimate of drug-likeness (QED) is 0.752. The Bertz CT molecular complexity index is 447. The predicted octanol–water partition coefficient (Wildman–Crippen LogP) is 3.64. The Labute approximate surface area is 101 Å². The van der Waals surface area contributed by atoms with Crippen molar-refractivity contribution in [2.45, 2.75) is 26.7 Å². The lowest BCUT2D eigenvalue weighted by Crippen LogP contribution is -2.13. The second-order valence-corrected chi connectivity index (χ2v) is 5.10. The van der Waals surface area contributed by atoms with Crippen molar-refractivity contribution in [2.75, 3.05) is 7.11 Å². The molecule has 1 saturated carbocycles. The normalized spacial score (nSPS) is 17.0. The van der Waals surface area contributed by atoms with Crippen molar-refractivity contribution < 1.29 is 9.53 Å². The van der Waals surface area contributed by atoms with Gasteiger partial charge >= 0.3 is 0 Å². The largest absolute Gasteiger partial charge is 0.495 e. The molecule has 0 aliphatic heterocycles. The highest BCUT2D eigenvalue weighted by Gasteiger charge is 2.45. The number of ether oxygens (including phenoxy) is 1. The molecule has 1 aliphatic carbocycles. The minimum absolute atomic E-state index is 0.150. The molecule has 0 saturated heterocycles. The van der Waals surface area contributed by atoms with Crippen LogP contribution < -0.4 is 4.74 Å². The highest BCUT2D eigenvalue weighted by molar-refractivity contribution is 6.32. The third-order valence-corrected chi connectivity index (χ3v) is 3.59. The van der Waals surface area contributed by atoms with Gasteiger partial charge in [0.15, 0.2) is 5.78 Å². The van der Waals surface area contributed by atoms with E-state index in [1.165, 1.54) is 0 Å². The molecule has 0 unspecified atom stereocenters. The number of rotatable bonds is 3. The Hall–Kier alpha value is -1.02. The minimum Gasteiger partial charge on any atom is -0.495 e. The van der Waals surface area contributed by atoms with Crippen molar-refractivity contribution in [3.05, 3.63) is 28.3 Å². The molecule has 0 amide bonds. The van der Waals surface area contributed by atoms with Gasteiger partial charge in [-0.05, 0) is 37.5 Å². The molecule has 0 heterocycles. The van der Waals surface area contributed by atoms with Crippen molar-refractivity contribution in [1.82, 2.24) is 0 Å². The van der Waals surface area contributed by atoms with Gasteiger partial charge < -0.3 is 4.74 Å². The molecular weight excluding hydrogens is 224 g/mol. The average Bonchev–Trinajstić information content (AvgIpc) is 2.99. The number of benzene rings is 1. The van der Waals surface area contributed by atoms with Crippen LogP contribution in [0.3, 0.4) is 0 Å². The summed E-state index contributed by atoms with van der Waals surface area (Å²) in [6, 6.07) is 3.54. The van der Waals surface area contributed by atoms with Crippen LogP contribution in [0.15, 0.2) is 12.1 Å². The fourth-order valence-corrected chi connectivity index (χ4v) is 2.04. The van der Waals surface area contributed by atoms with Gasteiger partial charge in [0.25, 0.3) is 0 Å².